The predicted octanol–water partition coefficient (Wildman–Crippen LogP) is 0.581. The number of likely N-dealkylation sites (N-methyl/N-ethyl adjacent to an activating group) is 2. The molecule has 4 N–H and O–H groups in total. The highest BCUT2D eigenvalue weighted by molar-refractivity contribution is 5.73. The van der Waals surface area contributed by atoms with E-state index in [1.165, 1.54) is 0 Å². The monoisotopic (exact) mass is 282 g/mol. The number of rotatable bonds is 6. The molecule has 0 aliphatic carbocycles. The minimum Gasteiger partial charge on any atom is -0.480 e. The third kappa shape index (κ3) is 7.50. The van der Waals surface area contributed by atoms with Gasteiger partial charge in [0.25, 0.3) is 0 Å². The second-order valence-electron chi connectivity index (χ2n) is 4.22. The Morgan fingerprint density at radius 1 is 1.05 bits per heavy atom. The zero-order valence-electron chi connectivity index (χ0n) is 12.0. The van der Waals surface area contributed by atoms with Crippen LogP contribution in [0.5, 0.6) is 0 Å². The lowest BCUT2D eigenvalue weighted by atomic mass is 10.1. The highest BCUT2D eigenvalue weighted by atomic mass is 16.4. The van der Waals surface area contributed by atoms with Crippen LogP contribution >= 0.6 is 0 Å². The Bertz CT molecular complexity index is 409. The molecule has 0 radical (unpaired) electrons. The molecule has 0 bridgehead atoms. The maximum absolute atomic E-state index is 10.7. The van der Waals surface area contributed by atoms with Crippen molar-refractivity contribution in [1.82, 2.24) is 10.6 Å². The lowest BCUT2D eigenvalue weighted by Crippen LogP contribution is -2.35. The van der Waals surface area contributed by atoms with Gasteiger partial charge >= 0.3 is 11.9 Å². The van der Waals surface area contributed by atoms with Crippen molar-refractivity contribution in [3.8, 4) is 0 Å². The van der Waals surface area contributed by atoms with Crippen molar-refractivity contribution >= 4 is 11.9 Å². The number of hydrogen-bond donors (Lipinski definition) is 4. The number of benzene rings is 1. The summed E-state index contributed by atoms with van der Waals surface area (Å²) >= 11 is 0. The summed E-state index contributed by atoms with van der Waals surface area (Å²) in [7, 11) is 3.26. The molecule has 0 aromatic heterocycles. The van der Waals surface area contributed by atoms with Gasteiger partial charge in [-0.3, -0.25) is 9.59 Å². The predicted molar refractivity (Wildman–Crippen MR) is 76.8 cm³/mol. The Kier molecular flexibility index (Phi) is 8.98. The van der Waals surface area contributed by atoms with Crippen LogP contribution in [0.25, 0.3) is 0 Å². The lowest BCUT2D eigenvalue weighted by Gasteiger charge is -2.10. The Morgan fingerprint density at radius 2 is 1.60 bits per heavy atom. The molecule has 0 unspecified atom stereocenters. The summed E-state index contributed by atoms with van der Waals surface area (Å²) in [5.41, 5.74) is 1.03. The molecular weight excluding hydrogens is 260 g/mol. The maximum atomic E-state index is 10.7. The van der Waals surface area contributed by atoms with E-state index in [0.29, 0.717) is 6.42 Å². The first kappa shape index (κ1) is 18.1. The molecule has 2 atom stereocenters. The van der Waals surface area contributed by atoms with Crippen molar-refractivity contribution in [1.29, 1.82) is 0 Å². The molecule has 6 heteroatoms. The van der Waals surface area contributed by atoms with Gasteiger partial charge in [-0.25, -0.2) is 0 Å². The maximum Gasteiger partial charge on any atom is 0.321 e. The first-order chi connectivity index (χ1) is 9.42. The highest BCUT2D eigenvalue weighted by Crippen LogP contribution is 2.02. The summed E-state index contributed by atoms with van der Waals surface area (Å²) in [5, 5.41) is 22.2. The van der Waals surface area contributed by atoms with Crippen LogP contribution in [-0.2, 0) is 16.0 Å². The number of carboxylic acids is 2. The van der Waals surface area contributed by atoms with Crippen LogP contribution in [0.2, 0.25) is 0 Å². The number of carboxylic acid groups (broad SMARTS) is 2. The fourth-order valence-corrected chi connectivity index (χ4v) is 1.29. The van der Waals surface area contributed by atoms with Gasteiger partial charge in [0.1, 0.15) is 12.1 Å². The fraction of sp³-hybridized carbons (Fsp3) is 0.429. The van der Waals surface area contributed by atoms with Gasteiger partial charge in [-0.05, 0) is 33.0 Å². The quantitative estimate of drug-likeness (QED) is 0.609. The molecule has 1 rings (SSSR count). The number of aliphatic carboxylic acids is 2. The SMILES string of the molecule is CN[C@@H](C)C(=O)O.CN[C@@H](Cc1ccccc1)C(=O)O. The largest absolute Gasteiger partial charge is 0.480 e. The van der Waals surface area contributed by atoms with Crippen LogP contribution in [0.4, 0.5) is 0 Å². The van der Waals surface area contributed by atoms with E-state index in [1.807, 2.05) is 30.3 Å². The van der Waals surface area contributed by atoms with Gasteiger partial charge < -0.3 is 20.8 Å². The lowest BCUT2D eigenvalue weighted by molar-refractivity contribution is -0.140. The van der Waals surface area contributed by atoms with E-state index < -0.39 is 24.0 Å². The first-order valence-corrected chi connectivity index (χ1v) is 6.26. The van der Waals surface area contributed by atoms with E-state index in [0.717, 1.165) is 5.56 Å². The Morgan fingerprint density at radius 3 is 1.90 bits per heavy atom. The molecule has 6 nitrogen and oxygen atoms in total. The molecule has 0 aliphatic heterocycles. The van der Waals surface area contributed by atoms with Crippen molar-refractivity contribution in [2.75, 3.05) is 14.1 Å². The van der Waals surface area contributed by atoms with E-state index in [1.54, 1.807) is 21.0 Å². The fourth-order valence-electron chi connectivity index (χ4n) is 1.29. The normalized spacial score (nSPS) is 12.8. The van der Waals surface area contributed by atoms with Gasteiger partial charge in [-0.2, -0.15) is 0 Å². The molecule has 1 aromatic carbocycles. The summed E-state index contributed by atoms with van der Waals surface area (Å²) in [6.07, 6.45) is 0.521. The number of carbonyl (C=O) groups is 2. The average molecular weight is 282 g/mol. The summed E-state index contributed by atoms with van der Waals surface area (Å²) in [6.45, 7) is 1.59. The minimum absolute atomic E-state index is 0.431. The minimum atomic E-state index is -0.817. The second-order valence-corrected chi connectivity index (χ2v) is 4.22. The van der Waals surface area contributed by atoms with Crippen LogP contribution in [0.1, 0.15) is 12.5 Å². The van der Waals surface area contributed by atoms with Crippen molar-refractivity contribution in [3.05, 3.63) is 35.9 Å². The summed E-state index contributed by atoms with van der Waals surface area (Å²) in [4.78, 5) is 20.5. The van der Waals surface area contributed by atoms with Crippen LogP contribution in [-0.4, -0.2) is 48.3 Å². The molecular formula is C14H22N2O4. The molecule has 20 heavy (non-hydrogen) atoms. The van der Waals surface area contributed by atoms with Gasteiger partial charge in [0, 0.05) is 0 Å². The van der Waals surface area contributed by atoms with Gasteiger partial charge in [0.15, 0.2) is 0 Å². The molecule has 0 heterocycles. The van der Waals surface area contributed by atoms with E-state index >= 15 is 0 Å². The average Bonchev–Trinajstić information content (AvgIpc) is 2.45. The molecule has 0 saturated heterocycles. The van der Waals surface area contributed by atoms with Crippen molar-refractivity contribution in [2.45, 2.75) is 25.4 Å². The molecule has 112 valence electrons. The summed E-state index contributed by atoms with van der Waals surface area (Å²) in [5.74, 6) is -1.63. The van der Waals surface area contributed by atoms with Crippen molar-refractivity contribution in [2.24, 2.45) is 0 Å². The Labute approximate surface area is 118 Å². The molecule has 0 saturated carbocycles. The van der Waals surface area contributed by atoms with E-state index in [4.69, 9.17) is 10.2 Å². The molecule has 0 amide bonds. The zero-order chi connectivity index (χ0) is 15.5. The summed E-state index contributed by atoms with van der Waals surface area (Å²) < 4.78 is 0. The summed E-state index contributed by atoms with van der Waals surface area (Å²) in [6, 6.07) is 8.65. The number of hydrogen-bond acceptors (Lipinski definition) is 4. The second kappa shape index (κ2) is 9.94. The standard InChI is InChI=1S/C10H13NO2.C4H9NO2/c1-11-9(10(12)13)7-8-5-3-2-4-6-8;1-3(5-2)4(6)7/h2-6,9,11H,7H2,1H3,(H,12,13);3,5H,1-2H3,(H,6,7)/t9-;3-/m00/s1. The molecule has 1 aromatic rings. The van der Waals surface area contributed by atoms with Crippen molar-refractivity contribution < 1.29 is 19.8 Å². The molecule has 0 aliphatic rings. The van der Waals surface area contributed by atoms with Crippen molar-refractivity contribution in [3.63, 3.8) is 0 Å². The van der Waals surface area contributed by atoms with Gasteiger partial charge in [-0.1, -0.05) is 30.3 Å². The topological polar surface area (TPSA) is 98.7 Å². The Hall–Kier alpha value is -1.92. The van der Waals surface area contributed by atoms with Gasteiger partial charge in [0.05, 0.1) is 0 Å². The first-order valence-electron chi connectivity index (χ1n) is 6.26. The third-order valence-electron chi connectivity index (χ3n) is 2.73. The van der Waals surface area contributed by atoms with E-state index in [-0.39, 0.29) is 0 Å². The highest BCUT2D eigenvalue weighted by Gasteiger charge is 2.14. The van der Waals surface area contributed by atoms with E-state index in [9.17, 15) is 9.59 Å². The van der Waals surface area contributed by atoms with Gasteiger partial charge in [-0.15, -0.1) is 0 Å². The van der Waals surface area contributed by atoms with E-state index in [2.05, 4.69) is 10.6 Å². The Balaban J connectivity index is 0.000000441. The molecule has 0 spiro atoms. The van der Waals surface area contributed by atoms with Crippen LogP contribution in [0.3, 0.4) is 0 Å². The van der Waals surface area contributed by atoms with Crippen LogP contribution < -0.4 is 10.6 Å². The van der Waals surface area contributed by atoms with Gasteiger partial charge in [0.2, 0.25) is 0 Å². The van der Waals surface area contributed by atoms with Crippen LogP contribution in [0.15, 0.2) is 30.3 Å². The smallest absolute Gasteiger partial charge is 0.321 e. The third-order valence-corrected chi connectivity index (χ3v) is 2.73. The molecule has 0 fully saturated rings. The zero-order valence-corrected chi connectivity index (χ0v) is 12.0. The number of nitrogens with one attached hydrogen (secondary N) is 2. The van der Waals surface area contributed by atoms with Crippen LogP contribution in [0, 0.1) is 0 Å².